The van der Waals surface area contributed by atoms with E-state index in [2.05, 4.69) is 4.98 Å². The summed E-state index contributed by atoms with van der Waals surface area (Å²) in [5.74, 6) is 0. The third kappa shape index (κ3) is 1.86. The molecule has 4 heteroatoms. The number of hydrogen-bond acceptors (Lipinski definition) is 2. The number of hydrogen-bond donors (Lipinski definition) is 0. The molecular weight excluding hydrogens is 224 g/mol. The predicted octanol–water partition coefficient (Wildman–Crippen LogP) is 2.50. The first-order valence-electron chi connectivity index (χ1n) is 4.91. The lowest BCUT2D eigenvalue weighted by Gasteiger charge is -2.11. The monoisotopic (exact) mass is 234 g/mol. The first-order valence-corrected chi connectivity index (χ1v) is 5.28. The molecule has 0 saturated heterocycles. The van der Waals surface area contributed by atoms with Crippen molar-refractivity contribution in [2.24, 2.45) is 0 Å². The van der Waals surface area contributed by atoms with Crippen LogP contribution in [0.5, 0.6) is 0 Å². The first-order chi connectivity index (χ1) is 7.59. The van der Waals surface area contributed by atoms with Gasteiger partial charge >= 0.3 is 0 Å². The van der Waals surface area contributed by atoms with Crippen molar-refractivity contribution in [1.82, 2.24) is 9.55 Å². The molecule has 0 amide bonds. The molecule has 82 valence electrons. The lowest BCUT2D eigenvalue weighted by molar-refractivity contribution is 0.916. The van der Waals surface area contributed by atoms with Crippen LogP contribution >= 0.6 is 11.6 Å². The Hall–Kier alpha value is -1.61. The van der Waals surface area contributed by atoms with Crippen LogP contribution < -0.4 is 5.56 Å². The van der Waals surface area contributed by atoms with E-state index in [0.717, 1.165) is 16.9 Å². The molecule has 0 unspecified atom stereocenters. The predicted molar refractivity (Wildman–Crippen MR) is 64.3 cm³/mol. The second-order valence-corrected chi connectivity index (χ2v) is 4.02. The molecule has 3 nitrogen and oxygen atoms in total. The highest BCUT2D eigenvalue weighted by Crippen LogP contribution is 2.16. The Morgan fingerprint density at radius 1 is 1.31 bits per heavy atom. The average Bonchev–Trinajstić information content (AvgIpc) is 2.20. The summed E-state index contributed by atoms with van der Waals surface area (Å²) in [6.07, 6.45) is 1.62. The summed E-state index contributed by atoms with van der Waals surface area (Å²) >= 11 is 5.79. The van der Waals surface area contributed by atoms with Gasteiger partial charge in [-0.3, -0.25) is 9.36 Å². The zero-order chi connectivity index (χ0) is 11.7. The number of pyridine rings is 2. The molecule has 0 saturated carbocycles. The van der Waals surface area contributed by atoms with Crippen LogP contribution in [0.1, 0.15) is 11.3 Å². The van der Waals surface area contributed by atoms with Crippen LogP contribution in [0.2, 0.25) is 5.15 Å². The Morgan fingerprint density at radius 3 is 2.69 bits per heavy atom. The fourth-order valence-corrected chi connectivity index (χ4v) is 1.86. The maximum absolute atomic E-state index is 11.8. The van der Waals surface area contributed by atoms with E-state index in [1.807, 2.05) is 19.9 Å². The van der Waals surface area contributed by atoms with Crippen LogP contribution in [0, 0.1) is 13.8 Å². The Bertz CT molecular complexity index is 590. The highest BCUT2D eigenvalue weighted by atomic mass is 35.5. The fourth-order valence-electron chi connectivity index (χ4n) is 1.65. The first kappa shape index (κ1) is 10.9. The van der Waals surface area contributed by atoms with Crippen LogP contribution in [0.25, 0.3) is 5.69 Å². The van der Waals surface area contributed by atoms with Crippen molar-refractivity contribution in [2.45, 2.75) is 13.8 Å². The fraction of sp³-hybridized carbons (Fsp3) is 0.167. The Morgan fingerprint density at radius 2 is 2.06 bits per heavy atom. The molecule has 0 atom stereocenters. The van der Waals surface area contributed by atoms with Crippen molar-refractivity contribution in [2.75, 3.05) is 0 Å². The van der Waals surface area contributed by atoms with Crippen molar-refractivity contribution in [3.8, 4) is 5.69 Å². The van der Waals surface area contributed by atoms with Gasteiger partial charge < -0.3 is 0 Å². The van der Waals surface area contributed by atoms with Gasteiger partial charge in [-0.05, 0) is 31.5 Å². The maximum atomic E-state index is 11.8. The van der Waals surface area contributed by atoms with Crippen LogP contribution in [-0.4, -0.2) is 9.55 Å². The summed E-state index contributed by atoms with van der Waals surface area (Å²) in [5, 5.41) is 0.433. The van der Waals surface area contributed by atoms with E-state index in [9.17, 15) is 4.79 Å². The number of aromatic nitrogens is 2. The van der Waals surface area contributed by atoms with E-state index in [-0.39, 0.29) is 5.56 Å². The van der Waals surface area contributed by atoms with Gasteiger partial charge in [0, 0.05) is 11.8 Å². The molecule has 2 heterocycles. The zero-order valence-corrected chi connectivity index (χ0v) is 9.82. The van der Waals surface area contributed by atoms with Gasteiger partial charge in [0.2, 0.25) is 0 Å². The van der Waals surface area contributed by atoms with Gasteiger partial charge in [0.25, 0.3) is 5.56 Å². The number of nitrogens with zero attached hydrogens (tertiary/aromatic N) is 2. The standard InChI is InChI=1S/C12H11ClN2O/c1-8-6-11(13)14-7-10(8)15-9(2)4-3-5-12(15)16/h3-7H,1-2H3. The van der Waals surface area contributed by atoms with E-state index in [0.29, 0.717) is 5.15 Å². The minimum absolute atomic E-state index is 0.0628. The zero-order valence-electron chi connectivity index (χ0n) is 9.07. The molecule has 0 aliphatic rings. The van der Waals surface area contributed by atoms with Crippen molar-refractivity contribution in [1.29, 1.82) is 0 Å². The Balaban J connectivity index is 2.73. The van der Waals surface area contributed by atoms with E-state index < -0.39 is 0 Å². The second-order valence-electron chi connectivity index (χ2n) is 3.63. The molecule has 16 heavy (non-hydrogen) atoms. The van der Waals surface area contributed by atoms with E-state index in [1.54, 1.807) is 22.9 Å². The van der Waals surface area contributed by atoms with Crippen LogP contribution in [0.4, 0.5) is 0 Å². The van der Waals surface area contributed by atoms with E-state index >= 15 is 0 Å². The van der Waals surface area contributed by atoms with Crippen molar-refractivity contribution in [3.05, 3.63) is 57.2 Å². The SMILES string of the molecule is Cc1cc(Cl)ncc1-n1c(C)cccc1=O. The molecule has 0 aliphatic heterocycles. The molecule has 0 radical (unpaired) electrons. The van der Waals surface area contributed by atoms with Crippen LogP contribution in [0.15, 0.2) is 35.3 Å². The quantitative estimate of drug-likeness (QED) is 0.711. The molecule has 0 fully saturated rings. The van der Waals surface area contributed by atoms with Crippen molar-refractivity contribution >= 4 is 11.6 Å². The van der Waals surface area contributed by atoms with Gasteiger partial charge in [-0.2, -0.15) is 0 Å². The van der Waals surface area contributed by atoms with Crippen LogP contribution in [-0.2, 0) is 0 Å². The summed E-state index contributed by atoms with van der Waals surface area (Å²) in [6, 6.07) is 6.90. The van der Waals surface area contributed by atoms with Gasteiger partial charge in [0.1, 0.15) is 5.15 Å². The highest BCUT2D eigenvalue weighted by molar-refractivity contribution is 6.29. The number of rotatable bonds is 1. The molecule has 2 rings (SSSR count). The van der Waals surface area contributed by atoms with Gasteiger partial charge in [0.05, 0.1) is 11.9 Å². The van der Waals surface area contributed by atoms with E-state index in [1.165, 1.54) is 6.07 Å². The van der Waals surface area contributed by atoms with Crippen LogP contribution in [0.3, 0.4) is 0 Å². The summed E-state index contributed by atoms with van der Waals surface area (Å²) in [4.78, 5) is 15.8. The topological polar surface area (TPSA) is 34.9 Å². The molecular formula is C12H11ClN2O. The highest BCUT2D eigenvalue weighted by Gasteiger charge is 2.06. The summed E-state index contributed by atoms with van der Waals surface area (Å²) in [7, 11) is 0. The molecule has 0 spiro atoms. The minimum atomic E-state index is -0.0628. The normalized spacial score (nSPS) is 10.4. The maximum Gasteiger partial charge on any atom is 0.255 e. The third-order valence-corrected chi connectivity index (χ3v) is 2.65. The molecule has 2 aromatic rings. The van der Waals surface area contributed by atoms with Gasteiger partial charge in [-0.1, -0.05) is 17.7 Å². The second kappa shape index (κ2) is 4.10. The molecule has 0 aromatic carbocycles. The van der Waals surface area contributed by atoms with Gasteiger partial charge in [-0.25, -0.2) is 4.98 Å². The lowest BCUT2D eigenvalue weighted by Crippen LogP contribution is -2.19. The van der Waals surface area contributed by atoms with Gasteiger partial charge in [0.15, 0.2) is 0 Å². The summed E-state index contributed by atoms with van der Waals surface area (Å²) in [6.45, 7) is 3.79. The molecule has 2 aromatic heterocycles. The van der Waals surface area contributed by atoms with E-state index in [4.69, 9.17) is 11.6 Å². The van der Waals surface area contributed by atoms with Gasteiger partial charge in [-0.15, -0.1) is 0 Å². The number of aryl methyl sites for hydroxylation is 2. The third-order valence-electron chi connectivity index (χ3n) is 2.44. The summed E-state index contributed by atoms with van der Waals surface area (Å²) in [5.41, 5.74) is 2.51. The largest absolute Gasteiger partial charge is 0.280 e. The minimum Gasteiger partial charge on any atom is -0.280 e. The Labute approximate surface area is 98.3 Å². The Kier molecular flexibility index (Phi) is 2.79. The molecule has 0 bridgehead atoms. The number of halogens is 1. The van der Waals surface area contributed by atoms with Crippen molar-refractivity contribution < 1.29 is 0 Å². The lowest BCUT2D eigenvalue weighted by atomic mass is 10.2. The average molecular weight is 235 g/mol. The van der Waals surface area contributed by atoms with Crippen molar-refractivity contribution in [3.63, 3.8) is 0 Å². The molecule has 0 N–H and O–H groups in total. The smallest absolute Gasteiger partial charge is 0.255 e. The molecule has 0 aliphatic carbocycles. The summed E-state index contributed by atoms with van der Waals surface area (Å²) < 4.78 is 1.62.